The summed E-state index contributed by atoms with van der Waals surface area (Å²) in [5.41, 5.74) is 22.3. The fourth-order valence-corrected chi connectivity index (χ4v) is 8.76. The number of ether oxygens (including phenoxy) is 8. The number of para-hydroxylation sites is 2. The van der Waals surface area contributed by atoms with Crippen molar-refractivity contribution in [1.82, 2.24) is 15.5 Å². The molecule has 0 atom stereocenters. The zero-order valence-electron chi connectivity index (χ0n) is 40.6. The molecule has 4 aromatic carbocycles. The molecule has 1 aliphatic heterocycles. The highest BCUT2D eigenvalue weighted by atomic mass is 16.5. The highest BCUT2D eigenvalue weighted by molar-refractivity contribution is 5.75. The zero-order chi connectivity index (χ0) is 47.1. The quantitative estimate of drug-likeness (QED) is 0.0334. The number of nitrogens with zero attached hydrogens (tertiary/aromatic N) is 2. The van der Waals surface area contributed by atoms with Crippen molar-refractivity contribution >= 4 is 5.96 Å². The summed E-state index contributed by atoms with van der Waals surface area (Å²) in [6.45, 7) is 20.6. The van der Waals surface area contributed by atoms with E-state index in [4.69, 9.17) is 49.4 Å². The van der Waals surface area contributed by atoms with Crippen molar-refractivity contribution in [3.05, 3.63) is 116 Å². The van der Waals surface area contributed by atoms with Crippen molar-refractivity contribution in [3.8, 4) is 23.0 Å². The predicted octanol–water partition coefficient (Wildman–Crippen LogP) is 5.79. The van der Waals surface area contributed by atoms with E-state index in [0.29, 0.717) is 112 Å². The van der Waals surface area contributed by atoms with E-state index >= 15 is 0 Å². The van der Waals surface area contributed by atoms with Gasteiger partial charge in [-0.2, -0.15) is 0 Å². The fraction of sp³-hybridized carbons (Fsp3) is 0.528. The number of nitrogens with two attached hydrogens (primary N) is 2. The first-order valence-electron chi connectivity index (χ1n) is 24.4. The largest absolute Gasteiger partial charge is 0.491 e. The minimum absolute atomic E-state index is 0.0314. The molecule has 4 aromatic rings. The lowest BCUT2D eigenvalue weighted by Crippen LogP contribution is -2.33. The first kappa shape index (κ1) is 51.5. The molecule has 0 aromatic heterocycles. The summed E-state index contributed by atoms with van der Waals surface area (Å²) in [6, 6.07) is 21.9. The third-order valence-corrected chi connectivity index (χ3v) is 11.7. The average molecular weight is 925 g/mol. The summed E-state index contributed by atoms with van der Waals surface area (Å²) < 4.78 is 50.5. The molecule has 2 aliphatic rings. The number of hydrogen-bond acceptors (Lipinski definition) is 12. The van der Waals surface area contributed by atoms with E-state index in [1.165, 1.54) is 5.56 Å². The standard InChI is InChI=1S/C53H76N6O8/c1-5-60-21-25-64-49-41-11-9-13-43(49)35-47-31-40(38-59-19-17-56-15-16-57-18-20-59)32-48(52(47)67-28-24-63-8-4)36-44-14-10-12-42(50(44)65-26-22-61-6-2)34-46-30-39(37-58-53(54)55)29-45(33-41)51(46)66-27-23-62-7-3/h9-14,29-32,56-57H,5-8,15-28,33-38H2,1-4H3,(H4,54,55,58). The van der Waals surface area contributed by atoms with Crippen LogP contribution in [0.3, 0.4) is 0 Å². The lowest BCUT2D eigenvalue weighted by Gasteiger charge is -2.25. The Morgan fingerprint density at radius 3 is 1.16 bits per heavy atom. The molecule has 1 aliphatic carbocycles. The van der Waals surface area contributed by atoms with Gasteiger partial charge in [-0.1, -0.05) is 48.5 Å². The molecule has 0 amide bonds. The second kappa shape index (κ2) is 28.4. The molecule has 1 heterocycles. The summed E-state index contributed by atoms with van der Waals surface area (Å²) in [4.78, 5) is 6.98. The smallest absolute Gasteiger partial charge is 0.186 e. The number of guanidine groups is 1. The van der Waals surface area contributed by atoms with Gasteiger partial charge < -0.3 is 60.0 Å². The van der Waals surface area contributed by atoms with Crippen LogP contribution in [-0.4, -0.2) is 129 Å². The first-order valence-corrected chi connectivity index (χ1v) is 24.4. The summed E-state index contributed by atoms with van der Waals surface area (Å²) in [6.07, 6.45) is 2.17. The van der Waals surface area contributed by atoms with Crippen molar-refractivity contribution in [2.24, 2.45) is 16.5 Å². The van der Waals surface area contributed by atoms with Crippen LogP contribution in [0.2, 0.25) is 0 Å². The van der Waals surface area contributed by atoms with Crippen LogP contribution in [0.1, 0.15) is 83.3 Å². The first-order chi connectivity index (χ1) is 32.9. The van der Waals surface area contributed by atoms with Crippen LogP contribution in [0.25, 0.3) is 0 Å². The van der Waals surface area contributed by atoms with Crippen molar-refractivity contribution in [1.29, 1.82) is 0 Å². The van der Waals surface area contributed by atoms with Gasteiger partial charge in [0.2, 0.25) is 0 Å². The fourth-order valence-electron chi connectivity index (χ4n) is 8.76. The molecule has 0 saturated carbocycles. The molecule has 6 N–H and O–H groups in total. The highest BCUT2D eigenvalue weighted by Crippen LogP contribution is 2.40. The molecular formula is C53H76N6O8. The Morgan fingerprint density at radius 2 is 0.821 bits per heavy atom. The van der Waals surface area contributed by atoms with Crippen molar-refractivity contribution in [2.75, 3.05) is 119 Å². The Morgan fingerprint density at radius 1 is 0.478 bits per heavy atom. The van der Waals surface area contributed by atoms with Crippen LogP contribution in [0.5, 0.6) is 23.0 Å². The molecule has 8 bridgehead atoms. The van der Waals surface area contributed by atoms with Gasteiger partial charge in [-0.05, 0) is 95.5 Å². The number of fused-ring (bicyclic) bond motifs is 8. The van der Waals surface area contributed by atoms with Crippen molar-refractivity contribution < 1.29 is 37.9 Å². The van der Waals surface area contributed by atoms with E-state index in [0.717, 1.165) is 119 Å². The number of hydrogen-bond donors (Lipinski definition) is 4. The molecule has 0 unspecified atom stereocenters. The number of nitrogens with one attached hydrogen (secondary N) is 2. The third-order valence-electron chi connectivity index (χ3n) is 11.7. The van der Waals surface area contributed by atoms with E-state index < -0.39 is 0 Å². The van der Waals surface area contributed by atoms with Crippen molar-refractivity contribution in [3.63, 3.8) is 0 Å². The number of rotatable bonds is 24. The number of benzene rings is 4. The van der Waals surface area contributed by atoms with E-state index in [1.54, 1.807) is 0 Å². The molecule has 1 saturated heterocycles. The van der Waals surface area contributed by atoms with E-state index in [-0.39, 0.29) is 5.96 Å². The maximum Gasteiger partial charge on any atom is 0.186 e. The maximum atomic E-state index is 6.89. The van der Waals surface area contributed by atoms with Gasteiger partial charge in [0.15, 0.2) is 5.96 Å². The second-order valence-electron chi connectivity index (χ2n) is 16.7. The van der Waals surface area contributed by atoms with Crippen LogP contribution in [0, 0.1) is 0 Å². The SMILES string of the molecule is CCOCCOc1c2cccc1Cc1cc(CN3CCNCCNCC3)cc(c1OCCOCC)Cc1cccc(c1OCCOCC)Cc1cc(CN=C(N)N)cc(c1OCCOCC)C2. The van der Waals surface area contributed by atoms with Gasteiger partial charge in [-0.25, -0.2) is 4.99 Å². The van der Waals surface area contributed by atoms with Gasteiger partial charge >= 0.3 is 0 Å². The summed E-state index contributed by atoms with van der Waals surface area (Å²) >= 11 is 0. The van der Waals surface area contributed by atoms with E-state index in [9.17, 15) is 0 Å². The zero-order valence-corrected chi connectivity index (χ0v) is 40.6. The summed E-state index contributed by atoms with van der Waals surface area (Å²) in [7, 11) is 0. The van der Waals surface area contributed by atoms with Crippen LogP contribution >= 0.6 is 0 Å². The lowest BCUT2D eigenvalue weighted by molar-refractivity contribution is 0.108. The molecule has 366 valence electrons. The second-order valence-corrected chi connectivity index (χ2v) is 16.7. The normalized spacial score (nSPS) is 14.4. The van der Waals surface area contributed by atoms with Gasteiger partial charge in [-0.15, -0.1) is 0 Å². The van der Waals surface area contributed by atoms with Gasteiger partial charge in [0.1, 0.15) is 49.4 Å². The molecule has 67 heavy (non-hydrogen) atoms. The van der Waals surface area contributed by atoms with Gasteiger partial charge in [-0.3, -0.25) is 4.90 Å². The highest BCUT2D eigenvalue weighted by Gasteiger charge is 2.24. The molecule has 14 nitrogen and oxygen atoms in total. The monoisotopic (exact) mass is 925 g/mol. The van der Waals surface area contributed by atoms with Crippen LogP contribution in [-0.2, 0) is 57.7 Å². The minimum atomic E-state index is 0.0314. The number of aliphatic imine (C=N–C) groups is 1. The Hall–Kier alpha value is -4.93. The molecule has 0 spiro atoms. The molecule has 1 fully saturated rings. The van der Waals surface area contributed by atoms with Gasteiger partial charge in [0.05, 0.1) is 33.0 Å². The Balaban J connectivity index is 1.59. The van der Waals surface area contributed by atoms with Crippen LogP contribution < -0.4 is 41.0 Å². The Bertz CT molecular complexity index is 2030. The van der Waals surface area contributed by atoms with E-state index in [2.05, 4.69) is 81.2 Å². The van der Waals surface area contributed by atoms with Gasteiger partial charge in [0.25, 0.3) is 0 Å². The summed E-state index contributed by atoms with van der Waals surface area (Å²) in [5, 5.41) is 7.18. The molecule has 14 heteroatoms. The summed E-state index contributed by atoms with van der Waals surface area (Å²) in [5.74, 6) is 3.33. The average Bonchev–Trinajstić information content (AvgIpc) is 3.45. The Kier molecular flexibility index (Phi) is 21.8. The Labute approximate surface area is 399 Å². The lowest BCUT2D eigenvalue weighted by atomic mass is 9.89. The molecular weight excluding hydrogens is 849 g/mol. The predicted molar refractivity (Wildman–Crippen MR) is 265 cm³/mol. The third kappa shape index (κ3) is 16.1. The van der Waals surface area contributed by atoms with Gasteiger partial charge in [0, 0.05) is 97.9 Å². The van der Waals surface area contributed by atoms with Crippen LogP contribution in [0.4, 0.5) is 0 Å². The van der Waals surface area contributed by atoms with Crippen molar-refractivity contribution in [2.45, 2.75) is 66.5 Å². The maximum absolute atomic E-state index is 6.89. The molecule has 0 radical (unpaired) electrons. The van der Waals surface area contributed by atoms with E-state index in [1.807, 2.05) is 27.7 Å². The minimum Gasteiger partial charge on any atom is -0.491 e. The van der Waals surface area contributed by atoms with Crippen LogP contribution in [0.15, 0.2) is 65.7 Å². The molecule has 6 rings (SSSR count). The topological polar surface area (TPSA) is 166 Å².